The molecule has 96 valence electrons. The molecule has 18 heavy (non-hydrogen) atoms. The molecule has 1 heterocycles. The normalized spacial score (nSPS) is 11.3. The maximum atomic E-state index is 12.0. The maximum absolute atomic E-state index is 12.0. The van der Waals surface area contributed by atoms with E-state index in [2.05, 4.69) is 22.2 Å². The number of rotatable bonds is 5. The summed E-state index contributed by atoms with van der Waals surface area (Å²) in [5.74, 6) is 1.06. The van der Waals surface area contributed by atoms with Crippen molar-refractivity contribution in [3.63, 3.8) is 0 Å². The molecular formula is C14H19N3O. The van der Waals surface area contributed by atoms with Gasteiger partial charge in [-0.05, 0) is 18.2 Å². The third kappa shape index (κ3) is 2.76. The molecule has 0 atom stereocenters. The highest BCUT2D eigenvalue weighted by atomic mass is 16.1. The highest BCUT2D eigenvalue weighted by Crippen LogP contribution is 2.14. The highest BCUT2D eigenvalue weighted by Gasteiger charge is 2.09. The van der Waals surface area contributed by atoms with Gasteiger partial charge < -0.3 is 10.3 Å². The molecule has 2 aromatic rings. The van der Waals surface area contributed by atoms with Gasteiger partial charge in [0.2, 0.25) is 0 Å². The third-order valence-corrected chi connectivity index (χ3v) is 2.86. The number of Topliss-reactive ketones (excluding diaryl/α,β-unsaturated/α-hetero) is 1. The lowest BCUT2D eigenvalue weighted by Gasteiger charge is -2.06. The second kappa shape index (κ2) is 5.31. The summed E-state index contributed by atoms with van der Waals surface area (Å²) >= 11 is 0. The van der Waals surface area contributed by atoms with E-state index in [1.165, 1.54) is 0 Å². The monoisotopic (exact) mass is 245 g/mol. The Morgan fingerprint density at radius 3 is 2.89 bits per heavy atom. The summed E-state index contributed by atoms with van der Waals surface area (Å²) in [6.45, 7) is 6.48. The van der Waals surface area contributed by atoms with Crippen LogP contribution in [0.2, 0.25) is 0 Å². The maximum Gasteiger partial charge on any atom is 0.176 e. The lowest BCUT2D eigenvalue weighted by Crippen LogP contribution is -2.29. The van der Waals surface area contributed by atoms with E-state index in [4.69, 9.17) is 0 Å². The van der Waals surface area contributed by atoms with Crippen molar-refractivity contribution in [3.8, 4) is 0 Å². The second-order valence-electron chi connectivity index (χ2n) is 4.73. The average Bonchev–Trinajstić information content (AvgIpc) is 2.77. The molecule has 0 saturated carbocycles. The number of carbonyl (C=O) groups is 1. The minimum absolute atomic E-state index is 0.109. The molecule has 0 bridgehead atoms. The zero-order chi connectivity index (χ0) is 13.1. The number of ketones is 1. The van der Waals surface area contributed by atoms with Gasteiger partial charge in [0, 0.05) is 18.0 Å². The van der Waals surface area contributed by atoms with E-state index in [1.54, 1.807) is 0 Å². The van der Waals surface area contributed by atoms with Gasteiger partial charge in [0.25, 0.3) is 0 Å². The summed E-state index contributed by atoms with van der Waals surface area (Å²) in [5.41, 5.74) is 2.57. The molecule has 4 heteroatoms. The molecule has 2 N–H and O–H groups in total. The van der Waals surface area contributed by atoms with Crippen molar-refractivity contribution in [2.45, 2.75) is 33.2 Å². The molecule has 4 nitrogen and oxygen atoms in total. The minimum atomic E-state index is 0.109. The lowest BCUT2D eigenvalue weighted by molar-refractivity contribution is 0.0988. The molecule has 0 aliphatic rings. The second-order valence-corrected chi connectivity index (χ2v) is 4.73. The van der Waals surface area contributed by atoms with Crippen LogP contribution in [-0.4, -0.2) is 28.3 Å². The Kier molecular flexibility index (Phi) is 3.77. The molecule has 0 amide bonds. The highest BCUT2D eigenvalue weighted by molar-refractivity contribution is 6.00. The summed E-state index contributed by atoms with van der Waals surface area (Å²) in [5, 5.41) is 3.13. The van der Waals surface area contributed by atoms with E-state index in [1.807, 2.05) is 32.0 Å². The summed E-state index contributed by atoms with van der Waals surface area (Å²) in [6.07, 6.45) is 0.868. The number of aromatic nitrogens is 2. The van der Waals surface area contributed by atoms with Crippen molar-refractivity contribution < 1.29 is 4.79 Å². The van der Waals surface area contributed by atoms with E-state index >= 15 is 0 Å². The molecule has 0 fully saturated rings. The molecule has 0 unspecified atom stereocenters. The summed E-state index contributed by atoms with van der Waals surface area (Å²) < 4.78 is 0. The van der Waals surface area contributed by atoms with Crippen LogP contribution in [0.5, 0.6) is 0 Å². The zero-order valence-electron chi connectivity index (χ0n) is 11.1. The Bertz CT molecular complexity index is 557. The first kappa shape index (κ1) is 12.8. The van der Waals surface area contributed by atoms with Gasteiger partial charge in [-0.25, -0.2) is 4.98 Å². The molecule has 0 saturated heterocycles. The van der Waals surface area contributed by atoms with Gasteiger partial charge >= 0.3 is 0 Å². The first-order valence-corrected chi connectivity index (χ1v) is 6.35. The van der Waals surface area contributed by atoms with Crippen LogP contribution in [0.25, 0.3) is 11.0 Å². The molecule has 1 aromatic carbocycles. The van der Waals surface area contributed by atoms with Gasteiger partial charge in [0.1, 0.15) is 5.82 Å². The van der Waals surface area contributed by atoms with Crippen LogP contribution in [0, 0.1) is 0 Å². The van der Waals surface area contributed by atoms with Gasteiger partial charge in [0.15, 0.2) is 5.78 Å². The van der Waals surface area contributed by atoms with E-state index in [9.17, 15) is 4.79 Å². The lowest BCUT2D eigenvalue weighted by atomic mass is 10.1. The predicted octanol–water partition coefficient (Wildman–Crippen LogP) is 2.31. The fraction of sp³-hybridized carbons (Fsp3) is 0.429. The van der Waals surface area contributed by atoms with Gasteiger partial charge in [-0.1, -0.05) is 20.8 Å². The van der Waals surface area contributed by atoms with Crippen molar-refractivity contribution in [2.75, 3.05) is 6.54 Å². The quantitative estimate of drug-likeness (QED) is 0.795. The molecule has 0 aliphatic carbocycles. The Hall–Kier alpha value is -1.68. The van der Waals surface area contributed by atoms with Crippen molar-refractivity contribution >= 4 is 16.8 Å². The van der Waals surface area contributed by atoms with Gasteiger partial charge in [-0.3, -0.25) is 4.79 Å². The first-order chi connectivity index (χ1) is 8.60. The van der Waals surface area contributed by atoms with Gasteiger partial charge in [-0.2, -0.15) is 0 Å². The van der Waals surface area contributed by atoms with E-state index < -0.39 is 0 Å². The molecule has 0 aliphatic heterocycles. The van der Waals surface area contributed by atoms with Crippen molar-refractivity contribution in [1.82, 2.24) is 15.3 Å². The van der Waals surface area contributed by atoms with Crippen molar-refractivity contribution in [2.24, 2.45) is 0 Å². The Morgan fingerprint density at radius 1 is 1.44 bits per heavy atom. The zero-order valence-corrected chi connectivity index (χ0v) is 11.1. The largest absolute Gasteiger partial charge is 0.342 e. The fourth-order valence-electron chi connectivity index (χ4n) is 1.80. The number of imidazole rings is 1. The minimum Gasteiger partial charge on any atom is -0.342 e. The van der Waals surface area contributed by atoms with E-state index in [0.717, 1.165) is 28.8 Å². The number of carbonyl (C=O) groups excluding carboxylic acids is 1. The molecule has 2 rings (SSSR count). The SMILES string of the molecule is CCc1nc2ccc(C(=O)CNC(C)C)cc2[nH]1. The van der Waals surface area contributed by atoms with Crippen LogP contribution >= 0.6 is 0 Å². The van der Waals surface area contributed by atoms with Gasteiger partial charge in [0.05, 0.1) is 17.6 Å². The van der Waals surface area contributed by atoms with Crippen molar-refractivity contribution in [3.05, 3.63) is 29.6 Å². The fourth-order valence-corrected chi connectivity index (χ4v) is 1.80. The number of nitrogens with one attached hydrogen (secondary N) is 2. The number of aryl methyl sites for hydroxylation is 1. The number of benzene rings is 1. The third-order valence-electron chi connectivity index (χ3n) is 2.86. The van der Waals surface area contributed by atoms with E-state index in [-0.39, 0.29) is 5.78 Å². The van der Waals surface area contributed by atoms with Crippen molar-refractivity contribution in [1.29, 1.82) is 0 Å². The summed E-state index contributed by atoms with van der Waals surface area (Å²) in [4.78, 5) is 19.6. The topological polar surface area (TPSA) is 57.8 Å². The Morgan fingerprint density at radius 2 is 2.22 bits per heavy atom. The van der Waals surface area contributed by atoms with Crippen LogP contribution in [-0.2, 0) is 6.42 Å². The van der Waals surface area contributed by atoms with E-state index in [0.29, 0.717) is 12.6 Å². The summed E-state index contributed by atoms with van der Waals surface area (Å²) in [6, 6.07) is 5.93. The van der Waals surface area contributed by atoms with Crippen LogP contribution in [0.4, 0.5) is 0 Å². The van der Waals surface area contributed by atoms with Crippen LogP contribution in [0.1, 0.15) is 37.0 Å². The number of H-pyrrole nitrogens is 1. The predicted molar refractivity (Wildman–Crippen MR) is 72.9 cm³/mol. The number of aromatic amines is 1. The summed E-state index contributed by atoms with van der Waals surface area (Å²) in [7, 11) is 0. The molecular weight excluding hydrogens is 226 g/mol. The average molecular weight is 245 g/mol. The van der Waals surface area contributed by atoms with Crippen LogP contribution in [0.3, 0.4) is 0 Å². The van der Waals surface area contributed by atoms with Crippen LogP contribution in [0.15, 0.2) is 18.2 Å². The number of hydrogen-bond donors (Lipinski definition) is 2. The number of hydrogen-bond acceptors (Lipinski definition) is 3. The smallest absolute Gasteiger partial charge is 0.176 e. The molecule has 0 spiro atoms. The molecule has 0 radical (unpaired) electrons. The van der Waals surface area contributed by atoms with Gasteiger partial charge in [-0.15, -0.1) is 0 Å². The number of nitrogens with zero attached hydrogens (tertiary/aromatic N) is 1. The van der Waals surface area contributed by atoms with Crippen LogP contribution < -0.4 is 5.32 Å². The standard InChI is InChI=1S/C14H19N3O/c1-4-14-16-11-6-5-10(7-12(11)17-14)13(18)8-15-9(2)3/h5-7,9,15H,4,8H2,1-3H3,(H,16,17). The Labute approximate surface area is 107 Å². The number of fused-ring (bicyclic) bond motifs is 1. The Balaban J connectivity index is 2.21. The molecule has 1 aromatic heterocycles. The first-order valence-electron chi connectivity index (χ1n) is 6.35.